The van der Waals surface area contributed by atoms with E-state index in [0.29, 0.717) is 29.9 Å². The summed E-state index contributed by atoms with van der Waals surface area (Å²) in [6.07, 6.45) is 4.29. The molecule has 1 saturated carbocycles. The number of pyridine rings is 1. The number of methoxy groups -OCH3 is 1. The number of carbonyl (C=O) groups is 1. The number of ether oxygens (including phenoxy) is 1. The minimum absolute atomic E-state index is 0.192. The fourth-order valence-electron chi connectivity index (χ4n) is 3.24. The Hall–Kier alpha value is -3.73. The van der Waals surface area contributed by atoms with Crippen LogP contribution in [0.25, 0.3) is 5.69 Å². The maximum absolute atomic E-state index is 14.2. The Morgan fingerprint density at radius 3 is 2.79 bits per heavy atom. The van der Waals surface area contributed by atoms with Crippen LogP contribution in [-0.4, -0.2) is 27.8 Å². The maximum Gasteiger partial charge on any atom is 0.236 e. The van der Waals surface area contributed by atoms with Crippen LogP contribution in [0.5, 0.6) is 5.88 Å². The summed E-state index contributed by atoms with van der Waals surface area (Å²) in [7, 11) is 1.43. The molecular formula is C20H16FN5O2. The standard InChI is InChI=1S/C20H16FN5O2/c1-28-18-13(12-22)16(6-10-23-18)26-11-7-17(25-26)24-19(27)20(8-9-20)14-4-2-3-5-15(14)21/h2-7,10-11H,8-9H2,1H3,(H,24,25,27). The molecule has 1 aromatic carbocycles. The molecule has 3 aromatic rings. The number of carbonyl (C=O) groups excluding carboxylic acids is 1. The summed E-state index contributed by atoms with van der Waals surface area (Å²) in [5, 5.41) is 16.5. The minimum atomic E-state index is -0.854. The van der Waals surface area contributed by atoms with E-state index in [1.807, 2.05) is 6.07 Å². The van der Waals surface area contributed by atoms with Crippen LogP contribution < -0.4 is 10.1 Å². The zero-order valence-corrected chi connectivity index (χ0v) is 15.0. The molecule has 0 aliphatic heterocycles. The third kappa shape index (κ3) is 2.87. The van der Waals surface area contributed by atoms with E-state index in [2.05, 4.69) is 15.4 Å². The molecule has 0 unspecified atom stereocenters. The summed E-state index contributed by atoms with van der Waals surface area (Å²) in [4.78, 5) is 16.8. The minimum Gasteiger partial charge on any atom is -0.480 e. The quantitative estimate of drug-likeness (QED) is 0.738. The van der Waals surface area contributed by atoms with Crippen molar-refractivity contribution in [3.8, 4) is 17.6 Å². The second-order valence-electron chi connectivity index (χ2n) is 6.49. The highest BCUT2D eigenvalue weighted by Crippen LogP contribution is 2.49. The fourth-order valence-corrected chi connectivity index (χ4v) is 3.24. The summed E-state index contributed by atoms with van der Waals surface area (Å²) in [5.41, 5.74) is 0.256. The van der Waals surface area contributed by atoms with Crippen LogP contribution in [0.3, 0.4) is 0 Å². The molecule has 0 saturated heterocycles. The highest BCUT2D eigenvalue weighted by atomic mass is 19.1. The lowest BCUT2D eigenvalue weighted by Gasteiger charge is -2.15. The predicted molar refractivity (Wildman–Crippen MR) is 98.6 cm³/mol. The number of benzene rings is 1. The molecular weight excluding hydrogens is 361 g/mol. The molecule has 1 aliphatic carbocycles. The topological polar surface area (TPSA) is 92.8 Å². The molecule has 7 nitrogen and oxygen atoms in total. The number of nitrogens with one attached hydrogen (secondary N) is 1. The third-order valence-electron chi connectivity index (χ3n) is 4.85. The van der Waals surface area contributed by atoms with E-state index >= 15 is 0 Å². The Kier molecular flexibility index (Phi) is 4.28. The van der Waals surface area contributed by atoms with Gasteiger partial charge in [0.25, 0.3) is 0 Å². The number of anilines is 1. The van der Waals surface area contributed by atoms with Gasteiger partial charge in [-0.3, -0.25) is 4.79 Å². The molecule has 0 radical (unpaired) electrons. The molecule has 0 atom stereocenters. The first-order valence-corrected chi connectivity index (χ1v) is 8.64. The van der Waals surface area contributed by atoms with E-state index in [1.54, 1.807) is 36.5 Å². The van der Waals surface area contributed by atoms with E-state index in [4.69, 9.17) is 4.74 Å². The molecule has 0 bridgehead atoms. The molecule has 1 aliphatic rings. The molecule has 8 heteroatoms. The normalized spacial score (nSPS) is 14.2. The predicted octanol–water partition coefficient (Wildman–Crippen LogP) is 2.96. The van der Waals surface area contributed by atoms with Crippen LogP contribution >= 0.6 is 0 Å². The highest BCUT2D eigenvalue weighted by Gasteiger charge is 2.52. The van der Waals surface area contributed by atoms with Gasteiger partial charge >= 0.3 is 0 Å². The summed E-state index contributed by atoms with van der Waals surface area (Å²) in [6, 6.07) is 11.6. The van der Waals surface area contributed by atoms with E-state index in [-0.39, 0.29) is 23.2 Å². The number of halogens is 1. The lowest BCUT2D eigenvalue weighted by Crippen LogP contribution is -2.29. The first-order chi connectivity index (χ1) is 13.6. The second kappa shape index (κ2) is 6.78. The van der Waals surface area contributed by atoms with Crippen LogP contribution in [-0.2, 0) is 10.2 Å². The molecule has 1 fully saturated rings. The molecule has 4 rings (SSSR count). The van der Waals surface area contributed by atoms with Crippen molar-refractivity contribution in [2.45, 2.75) is 18.3 Å². The molecule has 28 heavy (non-hydrogen) atoms. The van der Waals surface area contributed by atoms with E-state index in [9.17, 15) is 14.4 Å². The van der Waals surface area contributed by atoms with Crippen LogP contribution in [0.1, 0.15) is 24.0 Å². The first-order valence-electron chi connectivity index (χ1n) is 8.64. The number of nitriles is 1. The lowest BCUT2D eigenvalue weighted by atomic mass is 9.94. The van der Waals surface area contributed by atoms with Gasteiger partial charge < -0.3 is 10.1 Å². The Bertz CT molecular complexity index is 1100. The van der Waals surface area contributed by atoms with Gasteiger partial charge in [-0.25, -0.2) is 14.1 Å². The Labute approximate surface area is 160 Å². The van der Waals surface area contributed by atoms with Gasteiger partial charge in [-0.1, -0.05) is 18.2 Å². The van der Waals surface area contributed by atoms with Crippen molar-refractivity contribution in [3.63, 3.8) is 0 Å². The van der Waals surface area contributed by atoms with Crippen LogP contribution in [0.4, 0.5) is 10.2 Å². The van der Waals surface area contributed by atoms with Gasteiger partial charge in [0.1, 0.15) is 17.4 Å². The maximum atomic E-state index is 14.2. The molecule has 0 spiro atoms. The monoisotopic (exact) mass is 377 g/mol. The van der Waals surface area contributed by atoms with Gasteiger partial charge in [0.15, 0.2) is 5.82 Å². The van der Waals surface area contributed by atoms with Crippen molar-refractivity contribution in [2.75, 3.05) is 12.4 Å². The van der Waals surface area contributed by atoms with E-state index < -0.39 is 5.41 Å². The number of amides is 1. The van der Waals surface area contributed by atoms with Crippen molar-refractivity contribution >= 4 is 11.7 Å². The number of aromatic nitrogens is 3. The number of hydrogen-bond donors (Lipinski definition) is 1. The van der Waals surface area contributed by atoms with Crippen molar-refractivity contribution < 1.29 is 13.9 Å². The third-order valence-corrected chi connectivity index (χ3v) is 4.85. The second-order valence-corrected chi connectivity index (χ2v) is 6.49. The molecule has 2 heterocycles. The van der Waals surface area contributed by atoms with Crippen LogP contribution in [0, 0.1) is 17.1 Å². The zero-order chi connectivity index (χ0) is 19.7. The molecule has 140 valence electrons. The van der Waals surface area contributed by atoms with Crippen molar-refractivity contribution in [1.82, 2.24) is 14.8 Å². The van der Waals surface area contributed by atoms with E-state index in [0.717, 1.165) is 0 Å². The van der Waals surface area contributed by atoms with Gasteiger partial charge in [-0.2, -0.15) is 10.4 Å². The first kappa shape index (κ1) is 17.7. The lowest BCUT2D eigenvalue weighted by molar-refractivity contribution is -0.118. The van der Waals surface area contributed by atoms with Gasteiger partial charge in [0, 0.05) is 24.0 Å². The average molecular weight is 377 g/mol. The van der Waals surface area contributed by atoms with Gasteiger partial charge in [-0.15, -0.1) is 0 Å². The Morgan fingerprint density at radius 1 is 1.32 bits per heavy atom. The number of nitrogens with zero attached hydrogens (tertiary/aromatic N) is 4. The van der Waals surface area contributed by atoms with Gasteiger partial charge in [0.2, 0.25) is 11.8 Å². The highest BCUT2D eigenvalue weighted by molar-refractivity contribution is 6.00. The number of hydrogen-bond acceptors (Lipinski definition) is 5. The Balaban J connectivity index is 1.59. The van der Waals surface area contributed by atoms with Crippen molar-refractivity contribution in [3.05, 3.63) is 65.7 Å². The van der Waals surface area contributed by atoms with Crippen molar-refractivity contribution in [1.29, 1.82) is 5.26 Å². The van der Waals surface area contributed by atoms with Crippen LogP contribution in [0.2, 0.25) is 0 Å². The largest absolute Gasteiger partial charge is 0.480 e. The molecule has 2 aromatic heterocycles. The smallest absolute Gasteiger partial charge is 0.236 e. The summed E-state index contributed by atoms with van der Waals surface area (Å²) in [6.45, 7) is 0. The SMILES string of the molecule is COc1nccc(-n2ccc(NC(=O)C3(c4ccccc4F)CC3)n2)c1C#N. The van der Waals surface area contributed by atoms with Gasteiger partial charge in [-0.05, 0) is 25.0 Å². The fraction of sp³-hybridized carbons (Fsp3) is 0.200. The summed E-state index contributed by atoms with van der Waals surface area (Å²) in [5.74, 6) is -0.177. The summed E-state index contributed by atoms with van der Waals surface area (Å²) >= 11 is 0. The molecule has 1 amide bonds. The number of rotatable bonds is 5. The van der Waals surface area contributed by atoms with Crippen LogP contribution in [0.15, 0.2) is 48.8 Å². The Morgan fingerprint density at radius 2 is 2.11 bits per heavy atom. The van der Waals surface area contributed by atoms with Gasteiger partial charge in [0.05, 0.1) is 18.2 Å². The van der Waals surface area contributed by atoms with Crippen molar-refractivity contribution in [2.24, 2.45) is 0 Å². The van der Waals surface area contributed by atoms with E-state index in [1.165, 1.54) is 24.1 Å². The summed E-state index contributed by atoms with van der Waals surface area (Å²) < 4.78 is 20.7. The zero-order valence-electron chi connectivity index (χ0n) is 15.0. The average Bonchev–Trinajstić information content (AvgIpc) is 3.40. The molecule has 1 N–H and O–H groups in total.